The van der Waals surface area contributed by atoms with Gasteiger partial charge in [0.2, 0.25) is 17.2 Å². The highest BCUT2D eigenvalue weighted by Gasteiger charge is 2.25. The average molecular weight is 312 g/mol. The summed E-state index contributed by atoms with van der Waals surface area (Å²) in [5.74, 6) is 2.14. The van der Waals surface area contributed by atoms with Gasteiger partial charge in [0, 0.05) is 26.2 Å². The molecule has 1 unspecified atom stereocenters. The molecule has 7 heteroatoms. The molecule has 0 spiro atoms. The van der Waals surface area contributed by atoms with E-state index in [-0.39, 0.29) is 5.28 Å². The lowest BCUT2D eigenvalue weighted by Crippen LogP contribution is -2.38. The Morgan fingerprint density at radius 2 is 1.81 bits per heavy atom. The summed E-state index contributed by atoms with van der Waals surface area (Å²) in [6.45, 7) is 7.29. The number of nitrogens with zero attached hydrogens (tertiary/aromatic N) is 5. The normalized spacial score (nSPS) is 22.9. The molecular weight excluding hydrogens is 290 g/mol. The lowest BCUT2D eigenvalue weighted by atomic mass is 10.0. The minimum atomic E-state index is 0.278. The summed E-state index contributed by atoms with van der Waals surface area (Å²) < 4.78 is 5.37. The topological polar surface area (TPSA) is 54.4 Å². The maximum atomic E-state index is 6.10. The van der Waals surface area contributed by atoms with Crippen molar-refractivity contribution in [2.24, 2.45) is 5.92 Å². The predicted molar refractivity (Wildman–Crippen MR) is 83.1 cm³/mol. The van der Waals surface area contributed by atoms with E-state index in [1.54, 1.807) is 0 Å². The van der Waals surface area contributed by atoms with Gasteiger partial charge in [-0.2, -0.15) is 15.0 Å². The van der Waals surface area contributed by atoms with Crippen LogP contribution in [0.1, 0.15) is 26.2 Å². The van der Waals surface area contributed by atoms with Crippen LogP contribution >= 0.6 is 11.6 Å². The van der Waals surface area contributed by atoms with E-state index in [1.165, 1.54) is 19.3 Å². The molecule has 3 heterocycles. The molecule has 1 aromatic rings. The van der Waals surface area contributed by atoms with Crippen molar-refractivity contribution in [1.82, 2.24) is 15.0 Å². The van der Waals surface area contributed by atoms with Gasteiger partial charge in [-0.15, -0.1) is 0 Å². The van der Waals surface area contributed by atoms with Crippen molar-refractivity contribution in [3.8, 4) is 0 Å². The first kappa shape index (κ1) is 14.8. The lowest BCUT2D eigenvalue weighted by Gasteiger charge is -2.27. The number of aromatic nitrogens is 3. The van der Waals surface area contributed by atoms with Gasteiger partial charge in [0.25, 0.3) is 0 Å². The number of hydrogen-bond acceptors (Lipinski definition) is 6. The predicted octanol–water partition coefficient (Wildman–Crippen LogP) is 1.99. The Morgan fingerprint density at radius 1 is 1.10 bits per heavy atom. The second-order valence-corrected chi connectivity index (χ2v) is 6.03. The Bertz CT molecular complexity index is 480. The van der Waals surface area contributed by atoms with E-state index in [4.69, 9.17) is 16.3 Å². The lowest BCUT2D eigenvalue weighted by molar-refractivity contribution is 0.122. The van der Waals surface area contributed by atoms with Crippen LogP contribution in [-0.2, 0) is 4.74 Å². The third-order valence-corrected chi connectivity index (χ3v) is 4.31. The molecular formula is C14H22ClN5O. The van der Waals surface area contributed by atoms with E-state index in [0.717, 1.165) is 38.0 Å². The third-order valence-electron chi connectivity index (χ3n) is 4.14. The van der Waals surface area contributed by atoms with E-state index in [2.05, 4.69) is 31.7 Å². The molecule has 2 saturated heterocycles. The number of anilines is 2. The molecule has 6 nitrogen and oxygen atoms in total. The number of ether oxygens (including phenoxy) is 1. The highest BCUT2D eigenvalue weighted by atomic mass is 35.5. The van der Waals surface area contributed by atoms with Gasteiger partial charge in [-0.05, 0) is 30.4 Å². The number of morpholine rings is 1. The van der Waals surface area contributed by atoms with Crippen LogP contribution in [0.4, 0.5) is 11.9 Å². The zero-order valence-electron chi connectivity index (χ0n) is 12.5. The molecule has 0 amide bonds. The molecule has 0 saturated carbocycles. The molecule has 0 aromatic carbocycles. The Balaban J connectivity index is 1.75. The molecule has 0 N–H and O–H groups in total. The SMILES string of the molecule is CCCC1CCN(c2nc(Cl)nc(N3CCOCC3)n2)C1. The van der Waals surface area contributed by atoms with Crippen molar-refractivity contribution in [3.63, 3.8) is 0 Å². The van der Waals surface area contributed by atoms with Crippen molar-refractivity contribution in [1.29, 1.82) is 0 Å². The van der Waals surface area contributed by atoms with Crippen LogP contribution in [0, 0.1) is 5.92 Å². The van der Waals surface area contributed by atoms with Gasteiger partial charge in [0.15, 0.2) is 0 Å². The minimum Gasteiger partial charge on any atom is -0.378 e. The fraction of sp³-hybridized carbons (Fsp3) is 0.786. The van der Waals surface area contributed by atoms with Crippen LogP contribution in [0.15, 0.2) is 0 Å². The summed E-state index contributed by atoms with van der Waals surface area (Å²) >= 11 is 6.10. The van der Waals surface area contributed by atoms with Gasteiger partial charge in [0.1, 0.15) is 0 Å². The van der Waals surface area contributed by atoms with E-state index >= 15 is 0 Å². The van der Waals surface area contributed by atoms with Crippen LogP contribution in [-0.4, -0.2) is 54.3 Å². The Hall–Kier alpha value is -1.14. The third kappa shape index (κ3) is 3.55. The standard InChI is InChI=1S/C14H22ClN5O/c1-2-3-11-4-5-20(10-11)14-17-12(15)16-13(18-14)19-6-8-21-9-7-19/h11H,2-10H2,1H3. The molecule has 0 radical (unpaired) electrons. The van der Waals surface area contributed by atoms with Crippen molar-refractivity contribution in [3.05, 3.63) is 5.28 Å². The largest absolute Gasteiger partial charge is 0.378 e. The summed E-state index contributed by atoms with van der Waals surface area (Å²) in [5, 5.41) is 0.278. The summed E-state index contributed by atoms with van der Waals surface area (Å²) in [6.07, 6.45) is 3.71. The molecule has 3 rings (SSSR count). The smallest absolute Gasteiger partial charge is 0.231 e. The first-order valence-corrected chi connectivity index (χ1v) is 8.13. The summed E-state index contributed by atoms with van der Waals surface area (Å²) in [4.78, 5) is 17.6. The summed E-state index contributed by atoms with van der Waals surface area (Å²) in [7, 11) is 0. The number of hydrogen-bond donors (Lipinski definition) is 0. The van der Waals surface area contributed by atoms with Crippen molar-refractivity contribution in [2.75, 3.05) is 49.2 Å². The molecule has 2 aliphatic heterocycles. The van der Waals surface area contributed by atoms with Gasteiger partial charge >= 0.3 is 0 Å². The van der Waals surface area contributed by atoms with Gasteiger partial charge in [-0.1, -0.05) is 13.3 Å². The number of rotatable bonds is 4. The van der Waals surface area contributed by atoms with E-state index in [0.29, 0.717) is 19.2 Å². The quantitative estimate of drug-likeness (QED) is 0.847. The van der Waals surface area contributed by atoms with Crippen molar-refractivity contribution >= 4 is 23.5 Å². The van der Waals surface area contributed by atoms with E-state index in [9.17, 15) is 0 Å². The van der Waals surface area contributed by atoms with E-state index in [1.807, 2.05) is 0 Å². The van der Waals surface area contributed by atoms with Crippen molar-refractivity contribution in [2.45, 2.75) is 26.2 Å². The highest BCUT2D eigenvalue weighted by Crippen LogP contribution is 2.26. The first-order chi connectivity index (χ1) is 10.3. The average Bonchev–Trinajstić information content (AvgIpc) is 2.97. The Morgan fingerprint density at radius 3 is 2.52 bits per heavy atom. The molecule has 2 aliphatic rings. The molecule has 2 fully saturated rings. The van der Waals surface area contributed by atoms with Crippen LogP contribution in [0.2, 0.25) is 5.28 Å². The van der Waals surface area contributed by atoms with Crippen LogP contribution in [0.3, 0.4) is 0 Å². The zero-order chi connectivity index (χ0) is 14.7. The minimum absolute atomic E-state index is 0.278. The van der Waals surface area contributed by atoms with Crippen LogP contribution in [0.25, 0.3) is 0 Å². The first-order valence-electron chi connectivity index (χ1n) is 7.75. The summed E-state index contributed by atoms with van der Waals surface area (Å²) in [5.41, 5.74) is 0. The summed E-state index contributed by atoms with van der Waals surface area (Å²) in [6, 6.07) is 0. The maximum absolute atomic E-state index is 6.10. The Labute approximate surface area is 130 Å². The fourth-order valence-corrected chi connectivity index (χ4v) is 3.19. The molecule has 21 heavy (non-hydrogen) atoms. The second kappa shape index (κ2) is 6.75. The van der Waals surface area contributed by atoms with Crippen molar-refractivity contribution < 1.29 is 4.74 Å². The molecule has 0 aliphatic carbocycles. The molecule has 0 bridgehead atoms. The van der Waals surface area contributed by atoms with E-state index < -0.39 is 0 Å². The molecule has 116 valence electrons. The Kier molecular flexibility index (Phi) is 4.75. The molecule has 1 aromatic heterocycles. The highest BCUT2D eigenvalue weighted by molar-refractivity contribution is 6.28. The van der Waals surface area contributed by atoms with Gasteiger partial charge < -0.3 is 14.5 Å². The van der Waals surface area contributed by atoms with Crippen LogP contribution < -0.4 is 9.80 Å². The van der Waals surface area contributed by atoms with Gasteiger partial charge in [-0.3, -0.25) is 0 Å². The van der Waals surface area contributed by atoms with Gasteiger partial charge in [-0.25, -0.2) is 0 Å². The van der Waals surface area contributed by atoms with Gasteiger partial charge in [0.05, 0.1) is 13.2 Å². The maximum Gasteiger partial charge on any atom is 0.231 e. The fourth-order valence-electron chi connectivity index (χ4n) is 3.03. The van der Waals surface area contributed by atoms with Crippen LogP contribution in [0.5, 0.6) is 0 Å². The second-order valence-electron chi connectivity index (χ2n) is 5.69. The molecule has 1 atom stereocenters. The zero-order valence-corrected chi connectivity index (χ0v) is 13.2. The number of halogens is 1. The monoisotopic (exact) mass is 311 g/mol.